The fourth-order valence-electron chi connectivity index (χ4n) is 2.92. The van der Waals surface area contributed by atoms with Gasteiger partial charge in [-0.05, 0) is 57.2 Å². The third-order valence-electron chi connectivity index (χ3n) is 4.41. The van der Waals surface area contributed by atoms with Crippen molar-refractivity contribution in [2.45, 2.75) is 27.4 Å². The number of aryl methyl sites for hydroxylation is 1. The number of thiazole rings is 1. The van der Waals surface area contributed by atoms with Crippen LogP contribution in [0.3, 0.4) is 0 Å². The Labute approximate surface area is 170 Å². The maximum atomic E-state index is 12.7. The lowest BCUT2D eigenvalue weighted by atomic mass is 10.2. The minimum Gasteiger partial charge on any atom is -0.486 e. The maximum Gasteiger partial charge on any atom is 0.267 e. The van der Waals surface area contributed by atoms with Crippen LogP contribution in [0.4, 0.5) is 11.4 Å². The first-order valence-electron chi connectivity index (χ1n) is 9.41. The lowest BCUT2D eigenvalue weighted by molar-refractivity contribution is 0.103. The summed E-state index contributed by atoms with van der Waals surface area (Å²) in [4.78, 5) is 20.0. The van der Waals surface area contributed by atoms with Crippen LogP contribution in [0.25, 0.3) is 0 Å². The molecule has 0 spiro atoms. The van der Waals surface area contributed by atoms with Crippen molar-refractivity contribution in [1.82, 2.24) is 4.98 Å². The van der Waals surface area contributed by atoms with Gasteiger partial charge in [0.25, 0.3) is 5.91 Å². The van der Waals surface area contributed by atoms with Gasteiger partial charge in [0.05, 0.1) is 5.69 Å². The first kappa shape index (κ1) is 19.9. The molecular formula is C22H25N3O2S. The first-order valence-corrected chi connectivity index (χ1v) is 10.2. The molecule has 3 aromatic rings. The molecule has 6 heteroatoms. The number of rotatable bonds is 8. The van der Waals surface area contributed by atoms with E-state index in [0.717, 1.165) is 35.2 Å². The lowest BCUT2D eigenvalue weighted by Crippen LogP contribution is -2.21. The number of hydrogen-bond acceptors (Lipinski definition) is 5. The zero-order valence-corrected chi connectivity index (χ0v) is 17.3. The lowest BCUT2D eigenvalue weighted by Gasteiger charge is -2.21. The zero-order valence-electron chi connectivity index (χ0n) is 16.4. The summed E-state index contributed by atoms with van der Waals surface area (Å²) in [5.41, 5.74) is 2.64. The molecule has 0 saturated heterocycles. The number of nitrogens with zero attached hydrogens (tertiary/aromatic N) is 2. The third kappa shape index (κ3) is 4.89. The van der Waals surface area contributed by atoms with Crippen LogP contribution in [0.1, 0.15) is 34.2 Å². The molecule has 0 saturated carbocycles. The Morgan fingerprint density at radius 1 is 1.07 bits per heavy atom. The van der Waals surface area contributed by atoms with Crippen molar-refractivity contribution in [3.8, 4) is 5.75 Å². The Bertz CT molecular complexity index is 903. The second-order valence-corrected chi connectivity index (χ2v) is 7.38. The van der Waals surface area contributed by atoms with Crippen molar-refractivity contribution in [1.29, 1.82) is 0 Å². The Morgan fingerprint density at radius 2 is 1.75 bits per heavy atom. The van der Waals surface area contributed by atoms with Gasteiger partial charge in [0.15, 0.2) is 0 Å². The van der Waals surface area contributed by atoms with Gasteiger partial charge in [-0.3, -0.25) is 4.79 Å². The Kier molecular flexibility index (Phi) is 6.66. The first-order chi connectivity index (χ1) is 13.6. The molecule has 0 fully saturated rings. The highest BCUT2D eigenvalue weighted by Crippen LogP contribution is 2.23. The second kappa shape index (κ2) is 9.37. The van der Waals surface area contributed by atoms with E-state index in [4.69, 9.17) is 4.74 Å². The fourth-order valence-corrected chi connectivity index (χ4v) is 3.79. The Balaban J connectivity index is 1.63. The summed E-state index contributed by atoms with van der Waals surface area (Å²) in [5, 5.41) is 3.74. The van der Waals surface area contributed by atoms with Crippen molar-refractivity contribution in [2.24, 2.45) is 0 Å². The van der Waals surface area contributed by atoms with E-state index in [0.29, 0.717) is 17.2 Å². The molecule has 1 amide bonds. The molecule has 5 nitrogen and oxygen atoms in total. The van der Waals surface area contributed by atoms with Crippen LogP contribution in [0, 0.1) is 6.92 Å². The molecule has 0 aliphatic heterocycles. The minimum atomic E-state index is -0.142. The van der Waals surface area contributed by atoms with Crippen LogP contribution in [0.5, 0.6) is 5.75 Å². The van der Waals surface area contributed by atoms with Crippen molar-refractivity contribution in [3.63, 3.8) is 0 Å². The van der Waals surface area contributed by atoms with Gasteiger partial charge in [-0.25, -0.2) is 4.98 Å². The molecule has 3 rings (SSSR count). The van der Waals surface area contributed by atoms with Gasteiger partial charge in [0.2, 0.25) is 0 Å². The van der Waals surface area contributed by atoms with Crippen molar-refractivity contribution in [2.75, 3.05) is 23.3 Å². The summed E-state index contributed by atoms with van der Waals surface area (Å²) < 4.78 is 5.73. The molecule has 1 heterocycles. The van der Waals surface area contributed by atoms with Crippen LogP contribution in [0.2, 0.25) is 0 Å². The number of benzene rings is 2. The molecule has 146 valence electrons. The molecule has 0 aliphatic carbocycles. The number of aromatic nitrogens is 1. The largest absolute Gasteiger partial charge is 0.486 e. The third-order valence-corrected chi connectivity index (χ3v) is 5.54. The van der Waals surface area contributed by atoms with Crippen LogP contribution < -0.4 is 15.0 Å². The SMILES string of the molecule is CCN(CC)c1ccc(NC(=O)c2sc(COc3ccccc3)nc2C)cc1. The number of hydrogen-bond donors (Lipinski definition) is 1. The van der Waals surface area contributed by atoms with Crippen LogP contribution in [0.15, 0.2) is 54.6 Å². The Hall–Kier alpha value is -2.86. The number of ether oxygens (including phenoxy) is 1. The molecule has 0 atom stereocenters. The molecular weight excluding hydrogens is 370 g/mol. The smallest absolute Gasteiger partial charge is 0.267 e. The highest BCUT2D eigenvalue weighted by Gasteiger charge is 2.16. The van der Waals surface area contributed by atoms with Crippen LogP contribution in [-0.2, 0) is 6.61 Å². The molecule has 1 aromatic heterocycles. The summed E-state index contributed by atoms with van der Waals surface area (Å²) in [7, 11) is 0. The van der Waals surface area contributed by atoms with Crippen molar-refractivity contribution < 1.29 is 9.53 Å². The van der Waals surface area contributed by atoms with Gasteiger partial charge in [-0.2, -0.15) is 0 Å². The van der Waals surface area contributed by atoms with Gasteiger partial charge < -0.3 is 15.0 Å². The van der Waals surface area contributed by atoms with E-state index in [1.54, 1.807) is 0 Å². The highest BCUT2D eigenvalue weighted by molar-refractivity contribution is 7.13. The molecule has 2 aromatic carbocycles. The van der Waals surface area contributed by atoms with E-state index in [2.05, 4.69) is 29.0 Å². The average Bonchev–Trinajstić information content (AvgIpc) is 3.10. The van der Waals surface area contributed by atoms with Gasteiger partial charge in [0.1, 0.15) is 22.2 Å². The maximum absolute atomic E-state index is 12.7. The molecule has 28 heavy (non-hydrogen) atoms. The second-order valence-electron chi connectivity index (χ2n) is 6.30. The van der Waals surface area contributed by atoms with E-state index in [1.165, 1.54) is 11.3 Å². The van der Waals surface area contributed by atoms with Gasteiger partial charge in [0, 0.05) is 24.5 Å². The quantitative estimate of drug-likeness (QED) is 0.574. The van der Waals surface area contributed by atoms with Gasteiger partial charge >= 0.3 is 0 Å². The van der Waals surface area contributed by atoms with E-state index in [1.807, 2.05) is 61.5 Å². The molecule has 0 bridgehead atoms. The fraction of sp³-hybridized carbons (Fsp3) is 0.273. The highest BCUT2D eigenvalue weighted by atomic mass is 32.1. The van der Waals surface area contributed by atoms with E-state index in [9.17, 15) is 4.79 Å². The normalized spacial score (nSPS) is 10.5. The number of amides is 1. The number of para-hydroxylation sites is 1. The summed E-state index contributed by atoms with van der Waals surface area (Å²) in [6.45, 7) is 8.37. The van der Waals surface area contributed by atoms with E-state index < -0.39 is 0 Å². The number of nitrogens with one attached hydrogen (secondary N) is 1. The minimum absolute atomic E-state index is 0.142. The number of carbonyl (C=O) groups is 1. The molecule has 0 unspecified atom stereocenters. The zero-order chi connectivity index (χ0) is 19.9. The van der Waals surface area contributed by atoms with E-state index >= 15 is 0 Å². The molecule has 0 aliphatic rings. The summed E-state index contributed by atoms with van der Waals surface area (Å²) in [5.74, 6) is 0.645. The van der Waals surface area contributed by atoms with Gasteiger partial charge in [-0.1, -0.05) is 18.2 Å². The topological polar surface area (TPSA) is 54.5 Å². The van der Waals surface area contributed by atoms with Crippen molar-refractivity contribution in [3.05, 3.63) is 70.2 Å². The predicted molar refractivity (Wildman–Crippen MR) is 116 cm³/mol. The number of carbonyl (C=O) groups excluding carboxylic acids is 1. The van der Waals surface area contributed by atoms with Crippen LogP contribution >= 0.6 is 11.3 Å². The monoisotopic (exact) mass is 395 g/mol. The van der Waals surface area contributed by atoms with E-state index in [-0.39, 0.29) is 5.91 Å². The molecule has 1 N–H and O–H groups in total. The average molecular weight is 396 g/mol. The molecule has 0 radical (unpaired) electrons. The van der Waals surface area contributed by atoms with Crippen LogP contribution in [-0.4, -0.2) is 24.0 Å². The Morgan fingerprint density at radius 3 is 2.39 bits per heavy atom. The summed E-state index contributed by atoms with van der Waals surface area (Å²) in [6, 6.07) is 17.5. The summed E-state index contributed by atoms with van der Waals surface area (Å²) >= 11 is 1.37. The predicted octanol–water partition coefficient (Wildman–Crippen LogP) is 5.13. The van der Waals surface area contributed by atoms with Crippen molar-refractivity contribution >= 4 is 28.6 Å². The standard InChI is InChI=1S/C22H25N3O2S/c1-4-25(5-2)18-13-11-17(12-14-18)24-22(26)21-16(3)23-20(28-21)15-27-19-9-7-6-8-10-19/h6-14H,4-5,15H2,1-3H3,(H,24,26). The summed E-state index contributed by atoms with van der Waals surface area (Å²) in [6.07, 6.45) is 0. The van der Waals surface area contributed by atoms with Gasteiger partial charge in [-0.15, -0.1) is 11.3 Å². The number of anilines is 2.